The number of rotatable bonds is 3. The quantitative estimate of drug-likeness (QED) is 0.896. The molecule has 112 valence electrons. The number of alkyl halides is 3. The summed E-state index contributed by atoms with van der Waals surface area (Å²) < 4.78 is 40.6. The van der Waals surface area contributed by atoms with Gasteiger partial charge < -0.3 is 15.2 Å². The second-order valence-corrected chi connectivity index (χ2v) is 4.70. The molecule has 1 aromatic carbocycles. The van der Waals surface area contributed by atoms with Crippen molar-refractivity contribution < 1.29 is 23.0 Å². The van der Waals surface area contributed by atoms with Crippen LogP contribution in [0.15, 0.2) is 18.2 Å². The minimum Gasteiger partial charge on any atom is -0.504 e. The first-order valence-corrected chi connectivity index (χ1v) is 6.41. The van der Waals surface area contributed by atoms with Crippen molar-refractivity contribution in [3.05, 3.63) is 23.8 Å². The molecule has 1 heterocycles. The minimum atomic E-state index is -4.81. The summed E-state index contributed by atoms with van der Waals surface area (Å²) in [6, 6.07) is 4.01. The molecule has 0 saturated carbocycles. The van der Waals surface area contributed by atoms with Crippen LogP contribution in [0.2, 0.25) is 0 Å². The summed E-state index contributed by atoms with van der Waals surface area (Å²) >= 11 is 0. The molecule has 0 bridgehead atoms. The molecule has 1 saturated heterocycles. The topological polar surface area (TPSA) is 44.7 Å². The van der Waals surface area contributed by atoms with Gasteiger partial charge in [-0.05, 0) is 13.0 Å². The molecule has 1 fully saturated rings. The van der Waals surface area contributed by atoms with Crippen molar-refractivity contribution in [2.24, 2.45) is 0 Å². The maximum Gasteiger partial charge on any atom is 0.573 e. The number of nitrogens with one attached hydrogen (secondary N) is 1. The van der Waals surface area contributed by atoms with E-state index in [0.29, 0.717) is 5.56 Å². The Morgan fingerprint density at radius 3 is 2.55 bits per heavy atom. The molecular weight excluding hydrogens is 273 g/mol. The predicted molar refractivity (Wildman–Crippen MR) is 67.6 cm³/mol. The van der Waals surface area contributed by atoms with E-state index in [1.54, 1.807) is 6.07 Å². The van der Waals surface area contributed by atoms with Gasteiger partial charge in [0.05, 0.1) is 0 Å². The van der Waals surface area contributed by atoms with Gasteiger partial charge in [0.2, 0.25) is 0 Å². The number of piperazine rings is 1. The molecule has 1 aliphatic rings. The number of hydrogen-bond donors (Lipinski definition) is 2. The SMILES string of the molecule is C[C@H](c1cccc(OC(F)(F)F)c1O)N1CCNCC1. The lowest BCUT2D eigenvalue weighted by atomic mass is 10.0. The number of phenolic OH excluding ortho intramolecular Hbond substituents is 1. The first-order chi connectivity index (χ1) is 9.38. The molecule has 0 aromatic heterocycles. The van der Waals surface area contributed by atoms with Gasteiger partial charge in [0.25, 0.3) is 0 Å². The summed E-state index contributed by atoms with van der Waals surface area (Å²) in [6.07, 6.45) is -4.81. The van der Waals surface area contributed by atoms with E-state index in [0.717, 1.165) is 32.2 Å². The first-order valence-electron chi connectivity index (χ1n) is 6.41. The Morgan fingerprint density at radius 2 is 1.95 bits per heavy atom. The number of para-hydroxylation sites is 1. The summed E-state index contributed by atoms with van der Waals surface area (Å²) in [6.45, 7) is 5.07. The van der Waals surface area contributed by atoms with Gasteiger partial charge in [-0.1, -0.05) is 12.1 Å². The van der Waals surface area contributed by atoms with Crippen LogP contribution >= 0.6 is 0 Å². The Hall–Kier alpha value is -1.47. The zero-order valence-electron chi connectivity index (χ0n) is 11.1. The fourth-order valence-electron chi connectivity index (χ4n) is 2.35. The van der Waals surface area contributed by atoms with Crippen LogP contribution in [0.25, 0.3) is 0 Å². The highest BCUT2D eigenvalue weighted by Gasteiger charge is 2.33. The highest BCUT2D eigenvalue weighted by atomic mass is 19.4. The Bertz CT molecular complexity index is 459. The third-order valence-electron chi connectivity index (χ3n) is 3.41. The van der Waals surface area contributed by atoms with E-state index in [1.807, 2.05) is 6.92 Å². The van der Waals surface area contributed by atoms with Crippen molar-refractivity contribution in [1.29, 1.82) is 0 Å². The lowest BCUT2D eigenvalue weighted by Crippen LogP contribution is -2.44. The van der Waals surface area contributed by atoms with Gasteiger partial charge in [-0.3, -0.25) is 4.90 Å². The summed E-state index contributed by atoms with van der Waals surface area (Å²) in [5.74, 6) is -1.01. The normalized spacial score (nSPS) is 18.8. The lowest BCUT2D eigenvalue weighted by molar-refractivity contribution is -0.275. The van der Waals surface area contributed by atoms with E-state index < -0.39 is 17.9 Å². The zero-order chi connectivity index (χ0) is 14.8. The maximum absolute atomic E-state index is 12.3. The van der Waals surface area contributed by atoms with Crippen molar-refractivity contribution >= 4 is 0 Å². The van der Waals surface area contributed by atoms with Crippen LogP contribution in [0.3, 0.4) is 0 Å². The van der Waals surface area contributed by atoms with Gasteiger partial charge in [0.15, 0.2) is 11.5 Å². The third kappa shape index (κ3) is 3.55. The molecule has 0 spiro atoms. The van der Waals surface area contributed by atoms with Gasteiger partial charge in [-0.2, -0.15) is 0 Å². The maximum atomic E-state index is 12.3. The van der Waals surface area contributed by atoms with Crippen molar-refractivity contribution in [2.45, 2.75) is 19.3 Å². The monoisotopic (exact) mass is 290 g/mol. The number of aromatic hydroxyl groups is 1. The number of benzene rings is 1. The molecule has 2 rings (SSSR count). The van der Waals surface area contributed by atoms with E-state index in [9.17, 15) is 18.3 Å². The van der Waals surface area contributed by atoms with Gasteiger partial charge in [-0.25, -0.2) is 0 Å². The van der Waals surface area contributed by atoms with Crippen LogP contribution in [0.4, 0.5) is 13.2 Å². The van der Waals surface area contributed by atoms with Crippen LogP contribution in [0.1, 0.15) is 18.5 Å². The summed E-state index contributed by atoms with van der Waals surface area (Å²) in [7, 11) is 0. The smallest absolute Gasteiger partial charge is 0.504 e. The molecule has 2 N–H and O–H groups in total. The molecule has 0 aliphatic carbocycles. The molecule has 1 aromatic rings. The van der Waals surface area contributed by atoms with Crippen LogP contribution < -0.4 is 10.1 Å². The summed E-state index contributed by atoms with van der Waals surface area (Å²) in [5, 5.41) is 13.2. The number of phenols is 1. The Balaban J connectivity index is 2.21. The zero-order valence-corrected chi connectivity index (χ0v) is 11.1. The molecule has 1 aliphatic heterocycles. The molecule has 7 heteroatoms. The average Bonchev–Trinajstić information content (AvgIpc) is 2.40. The Labute approximate surface area is 115 Å². The van der Waals surface area contributed by atoms with E-state index in [1.165, 1.54) is 6.07 Å². The number of nitrogens with zero attached hydrogens (tertiary/aromatic N) is 1. The van der Waals surface area contributed by atoms with Crippen LogP contribution in [0, 0.1) is 0 Å². The van der Waals surface area contributed by atoms with Gasteiger partial charge in [0.1, 0.15) is 0 Å². The van der Waals surface area contributed by atoms with Crippen molar-refractivity contribution in [3.8, 4) is 11.5 Å². The highest BCUT2D eigenvalue weighted by Crippen LogP contribution is 2.38. The van der Waals surface area contributed by atoms with Crippen molar-refractivity contribution in [3.63, 3.8) is 0 Å². The fourth-order valence-corrected chi connectivity index (χ4v) is 2.35. The minimum absolute atomic E-state index is 0.172. The van der Waals surface area contributed by atoms with E-state index in [2.05, 4.69) is 15.0 Å². The number of ether oxygens (including phenoxy) is 1. The van der Waals surface area contributed by atoms with Gasteiger partial charge >= 0.3 is 6.36 Å². The molecule has 0 unspecified atom stereocenters. The lowest BCUT2D eigenvalue weighted by Gasteiger charge is -2.33. The Kier molecular flexibility index (Phi) is 4.39. The van der Waals surface area contributed by atoms with Gasteiger partial charge in [0, 0.05) is 37.8 Å². The van der Waals surface area contributed by atoms with Crippen LogP contribution in [-0.2, 0) is 0 Å². The number of hydrogen-bond acceptors (Lipinski definition) is 4. The molecule has 4 nitrogen and oxygen atoms in total. The average molecular weight is 290 g/mol. The van der Waals surface area contributed by atoms with Crippen molar-refractivity contribution in [1.82, 2.24) is 10.2 Å². The van der Waals surface area contributed by atoms with E-state index in [-0.39, 0.29) is 6.04 Å². The highest BCUT2D eigenvalue weighted by molar-refractivity contribution is 5.46. The molecule has 20 heavy (non-hydrogen) atoms. The number of halogens is 3. The largest absolute Gasteiger partial charge is 0.573 e. The molecular formula is C13H17F3N2O2. The molecule has 0 radical (unpaired) electrons. The fraction of sp³-hybridized carbons (Fsp3) is 0.538. The first kappa shape index (κ1) is 14.9. The molecule has 1 atom stereocenters. The second kappa shape index (κ2) is 5.88. The Morgan fingerprint density at radius 1 is 1.30 bits per heavy atom. The van der Waals surface area contributed by atoms with E-state index in [4.69, 9.17) is 0 Å². The van der Waals surface area contributed by atoms with Gasteiger partial charge in [-0.15, -0.1) is 13.2 Å². The third-order valence-corrected chi connectivity index (χ3v) is 3.41. The summed E-state index contributed by atoms with van der Waals surface area (Å²) in [5.41, 5.74) is 0.439. The predicted octanol–water partition coefficient (Wildman–Crippen LogP) is 2.26. The van der Waals surface area contributed by atoms with E-state index >= 15 is 0 Å². The van der Waals surface area contributed by atoms with Crippen molar-refractivity contribution in [2.75, 3.05) is 26.2 Å². The standard InChI is InChI=1S/C13H17F3N2O2/c1-9(18-7-5-17-6-8-18)10-3-2-4-11(12(10)19)20-13(14,15)16/h2-4,9,17,19H,5-8H2,1H3/t9-/m1/s1. The van der Waals surface area contributed by atoms with Crippen LogP contribution in [-0.4, -0.2) is 42.5 Å². The molecule has 0 amide bonds. The second-order valence-electron chi connectivity index (χ2n) is 4.70. The van der Waals surface area contributed by atoms with Crippen LogP contribution in [0.5, 0.6) is 11.5 Å². The summed E-state index contributed by atoms with van der Waals surface area (Å²) in [4.78, 5) is 2.10.